The van der Waals surface area contributed by atoms with Crippen LogP contribution in [0.2, 0.25) is 0 Å². The number of nitrogens with one attached hydrogen (secondary N) is 1. The Hall–Kier alpha value is -2.90. The van der Waals surface area contributed by atoms with Crippen LogP contribution in [0.5, 0.6) is 11.5 Å². The van der Waals surface area contributed by atoms with E-state index in [9.17, 15) is 4.79 Å². The highest BCUT2D eigenvalue weighted by molar-refractivity contribution is 5.97. The lowest BCUT2D eigenvalue weighted by Crippen LogP contribution is -2.50. The van der Waals surface area contributed by atoms with Crippen molar-refractivity contribution in [2.24, 2.45) is 5.84 Å². The number of methoxy groups -OCH3 is 2. The van der Waals surface area contributed by atoms with E-state index in [1.165, 1.54) is 12.7 Å². The van der Waals surface area contributed by atoms with Gasteiger partial charge in [0.2, 0.25) is 0 Å². The first-order chi connectivity index (χ1) is 14.1. The highest BCUT2D eigenvalue weighted by Gasteiger charge is 2.36. The first-order valence-corrected chi connectivity index (χ1v) is 9.43. The number of rotatable bonds is 6. The molecule has 1 amide bonds. The zero-order valence-corrected chi connectivity index (χ0v) is 17.0. The number of nitrogens with two attached hydrogens (primary N) is 1. The summed E-state index contributed by atoms with van der Waals surface area (Å²) in [4.78, 5) is 20.9. The Labute approximate surface area is 171 Å². The predicted octanol–water partition coefficient (Wildman–Crippen LogP) is 2.16. The van der Waals surface area contributed by atoms with Gasteiger partial charge < -0.3 is 19.6 Å². The Kier molecular flexibility index (Phi) is 8.18. The van der Waals surface area contributed by atoms with E-state index >= 15 is 0 Å². The summed E-state index contributed by atoms with van der Waals surface area (Å²) in [6.07, 6.45) is 1.78. The van der Waals surface area contributed by atoms with E-state index in [-0.39, 0.29) is 11.3 Å². The fraction of sp³-hybridized carbons (Fsp3) is 0.364. The molecular formula is C22H29N3O4. The summed E-state index contributed by atoms with van der Waals surface area (Å²) < 4.78 is 10.7. The largest absolute Gasteiger partial charge is 0.493 e. The van der Waals surface area contributed by atoms with Crippen LogP contribution in [0.1, 0.15) is 28.8 Å². The number of hydrogen-bond acceptors (Lipinski definition) is 6. The molecule has 7 nitrogen and oxygen atoms in total. The number of carbonyl (C=O) groups is 2. The molecule has 0 radical (unpaired) electrons. The summed E-state index contributed by atoms with van der Waals surface area (Å²) in [7, 11) is 3.10. The number of amides is 1. The summed E-state index contributed by atoms with van der Waals surface area (Å²) in [6, 6.07) is 15.7. The Morgan fingerprint density at radius 3 is 2.31 bits per heavy atom. The maximum absolute atomic E-state index is 12.9. The van der Waals surface area contributed by atoms with Gasteiger partial charge in [-0.25, -0.2) is 5.01 Å². The molecule has 29 heavy (non-hydrogen) atoms. The van der Waals surface area contributed by atoms with Crippen molar-refractivity contribution in [3.8, 4) is 11.5 Å². The van der Waals surface area contributed by atoms with Crippen LogP contribution in [0.3, 0.4) is 0 Å². The molecule has 3 rings (SSSR count). The van der Waals surface area contributed by atoms with Crippen molar-refractivity contribution in [3.05, 3.63) is 59.7 Å². The molecule has 0 atom stereocenters. The highest BCUT2D eigenvalue weighted by atomic mass is 16.5. The van der Waals surface area contributed by atoms with E-state index in [4.69, 9.17) is 20.1 Å². The first-order valence-electron chi connectivity index (χ1n) is 9.43. The predicted molar refractivity (Wildman–Crippen MR) is 112 cm³/mol. The zero-order valence-electron chi connectivity index (χ0n) is 17.0. The SMILES string of the molecule is C=O.COc1cccc(C(=O)NCC2(c3ccccc3)CCN(N)CC2)c1OC. The van der Waals surface area contributed by atoms with Crippen molar-refractivity contribution in [3.63, 3.8) is 0 Å². The molecule has 3 N–H and O–H groups in total. The Morgan fingerprint density at radius 1 is 1.07 bits per heavy atom. The van der Waals surface area contributed by atoms with Crippen molar-refractivity contribution in [1.82, 2.24) is 10.3 Å². The van der Waals surface area contributed by atoms with E-state index in [0.29, 0.717) is 23.6 Å². The second-order valence-electron chi connectivity index (χ2n) is 6.91. The Morgan fingerprint density at radius 2 is 1.72 bits per heavy atom. The molecule has 2 aromatic carbocycles. The molecule has 0 spiro atoms. The molecule has 0 saturated carbocycles. The maximum Gasteiger partial charge on any atom is 0.255 e. The molecule has 156 valence electrons. The van der Waals surface area contributed by atoms with E-state index in [1.807, 2.05) is 30.0 Å². The minimum absolute atomic E-state index is 0.126. The molecule has 2 aromatic rings. The molecule has 1 aliphatic heterocycles. The van der Waals surface area contributed by atoms with Gasteiger partial charge in [0.15, 0.2) is 11.5 Å². The monoisotopic (exact) mass is 399 g/mol. The standard InChI is InChI=1S/C21H27N3O3.CH2O/c1-26-18-10-6-9-17(19(18)27-2)20(25)23-15-21(11-13-24(22)14-12-21)16-7-4-3-5-8-16;1-2/h3-10H,11-15,22H2,1-2H3,(H,23,25);1H2. The third-order valence-electron chi connectivity index (χ3n) is 5.38. The summed E-state index contributed by atoms with van der Waals surface area (Å²) in [6.45, 7) is 4.14. The van der Waals surface area contributed by atoms with Crippen molar-refractivity contribution in [2.45, 2.75) is 18.3 Å². The van der Waals surface area contributed by atoms with Crippen LogP contribution in [0, 0.1) is 0 Å². The van der Waals surface area contributed by atoms with Crippen LogP contribution < -0.4 is 20.6 Å². The number of hydrazine groups is 1. The zero-order chi connectivity index (χ0) is 21.3. The fourth-order valence-corrected chi connectivity index (χ4v) is 3.72. The van der Waals surface area contributed by atoms with Crippen LogP contribution in [0.25, 0.3) is 0 Å². The van der Waals surface area contributed by atoms with Gasteiger partial charge in [-0.3, -0.25) is 10.6 Å². The molecule has 1 aliphatic rings. The number of ether oxygens (including phenoxy) is 2. The van der Waals surface area contributed by atoms with Crippen LogP contribution >= 0.6 is 0 Å². The van der Waals surface area contributed by atoms with Gasteiger partial charge in [-0.2, -0.15) is 0 Å². The van der Waals surface area contributed by atoms with Gasteiger partial charge in [0.25, 0.3) is 5.91 Å². The van der Waals surface area contributed by atoms with Crippen molar-refractivity contribution in [1.29, 1.82) is 0 Å². The van der Waals surface area contributed by atoms with Gasteiger partial charge in [-0.1, -0.05) is 36.4 Å². The Bertz CT molecular complexity index is 790. The maximum atomic E-state index is 12.9. The van der Waals surface area contributed by atoms with Crippen molar-refractivity contribution in [2.75, 3.05) is 33.9 Å². The molecule has 1 saturated heterocycles. The molecule has 1 heterocycles. The van der Waals surface area contributed by atoms with Crippen molar-refractivity contribution >= 4 is 12.7 Å². The third kappa shape index (κ3) is 5.13. The van der Waals surface area contributed by atoms with E-state index in [2.05, 4.69) is 17.4 Å². The summed E-state index contributed by atoms with van der Waals surface area (Å²) >= 11 is 0. The second-order valence-corrected chi connectivity index (χ2v) is 6.91. The van der Waals surface area contributed by atoms with Gasteiger partial charge >= 0.3 is 0 Å². The van der Waals surface area contributed by atoms with Gasteiger partial charge in [-0.05, 0) is 30.5 Å². The second kappa shape index (κ2) is 10.6. The van der Waals surface area contributed by atoms with Crippen LogP contribution in [-0.2, 0) is 10.2 Å². The fourth-order valence-electron chi connectivity index (χ4n) is 3.72. The average molecular weight is 399 g/mol. The topological polar surface area (TPSA) is 93.9 Å². The molecule has 0 unspecified atom stereocenters. The molecule has 0 bridgehead atoms. The molecule has 1 fully saturated rings. The van der Waals surface area contributed by atoms with Gasteiger partial charge in [0, 0.05) is 25.0 Å². The summed E-state index contributed by atoms with van der Waals surface area (Å²) in [5.41, 5.74) is 1.58. The number of piperidine rings is 1. The normalized spacial score (nSPS) is 15.6. The highest BCUT2D eigenvalue weighted by Crippen LogP contribution is 2.35. The van der Waals surface area contributed by atoms with Crippen LogP contribution in [0.15, 0.2) is 48.5 Å². The number of nitrogens with zero attached hydrogens (tertiary/aromatic N) is 1. The molecular weight excluding hydrogens is 370 g/mol. The van der Waals surface area contributed by atoms with E-state index in [1.54, 1.807) is 25.3 Å². The summed E-state index contributed by atoms with van der Waals surface area (Å²) in [5.74, 6) is 6.78. The van der Waals surface area contributed by atoms with E-state index in [0.717, 1.165) is 25.9 Å². The number of hydrogen-bond donors (Lipinski definition) is 2. The first kappa shape index (κ1) is 22.4. The van der Waals surface area contributed by atoms with E-state index < -0.39 is 0 Å². The lowest BCUT2D eigenvalue weighted by Gasteiger charge is -2.41. The van der Waals surface area contributed by atoms with Gasteiger partial charge in [0.1, 0.15) is 6.79 Å². The third-order valence-corrected chi connectivity index (χ3v) is 5.38. The summed E-state index contributed by atoms with van der Waals surface area (Å²) in [5, 5.41) is 4.96. The van der Waals surface area contributed by atoms with Gasteiger partial charge in [-0.15, -0.1) is 0 Å². The molecule has 0 aliphatic carbocycles. The van der Waals surface area contributed by atoms with Crippen molar-refractivity contribution < 1.29 is 19.1 Å². The van der Waals surface area contributed by atoms with Gasteiger partial charge in [0.05, 0.1) is 19.8 Å². The lowest BCUT2D eigenvalue weighted by molar-refractivity contribution is -0.0980. The lowest BCUT2D eigenvalue weighted by atomic mass is 9.73. The quantitative estimate of drug-likeness (QED) is 0.723. The number of benzene rings is 2. The minimum Gasteiger partial charge on any atom is -0.493 e. The Balaban J connectivity index is 0.00000145. The van der Waals surface area contributed by atoms with Crippen LogP contribution in [-0.4, -0.2) is 51.6 Å². The average Bonchev–Trinajstić information content (AvgIpc) is 2.80. The van der Waals surface area contributed by atoms with Crippen LogP contribution in [0.4, 0.5) is 0 Å². The smallest absolute Gasteiger partial charge is 0.255 e. The molecule has 0 aromatic heterocycles. The molecule has 7 heteroatoms. The minimum atomic E-state index is -0.170. The number of carbonyl (C=O) groups excluding carboxylic acids is 2. The number of para-hydroxylation sites is 1.